The first-order valence-electron chi connectivity index (χ1n) is 10.3. The molecule has 1 N–H and O–H groups in total. The van der Waals surface area contributed by atoms with Gasteiger partial charge < -0.3 is 5.32 Å². The normalized spacial score (nSPS) is 11.3. The zero-order valence-corrected chi connectivity index (χ0v) is 17.3. The minimum atomic E-state index is -0.276. The molecule has 0 aliphatic heterocycles. The van der Waals surface area contributed by atoms with Crippen molar-refractivity contribution in [1.29, 1.82) is 0 Å². The Balaban J connectivity index is 1.46. The maximum atomic E-state index is 13.3. The van der Waals surface area contributed by atoms with E-state index >= 15 is 0 Å². The van der Waals surface area contributed by atoms with Crippen LogP contribution >= 0.6 is 0 Å². The standard InChI is InChI=1S/C24H17FN8/c25-17-11-9-16(10-12-17)13-26-22-29-23(32-14-27-18-5-1-3-7-20(18)32)31-24(30-22)33-15-28-19-6-2-4-8-21(19)33/h1-12,14-15H,13H2,(H,26,29,30,31). The predicted octanol–water partition coefficient (Wildman–Crippen LogP) is 4.30. The number of fused-ring (bicyclic) bond motifs is 2. The molecule has 0 bridgehead atoms. The molecule has 0 spiro atoms. The highest BCUT2D eigenvalue weighted by molar-refractivity contribution is 5.77. The first kappa shape index (κ1) is 19.1. The van der Waals surface area contributed by atoms with E-state index in [4.69, 9.17) is 4.98 Å². The zero-order valence-electron chi connectivity index (χ0n) is 17.3. The molecule has 0 saturated carbocycles. The lowest BCUT2D eigenvalue weighted by molar-refractivity contribution is 0.627. The molecule has 0 unspecified atom stereocenters. The number of rotatable bonds is 5. The fourth-order valence-electron chi connectivity index (χ4n) is 3.67. The number of hydrogen-bond acceptors (Lipinski definition) is 6. The van der Waals surface area contributed by atoms with Crippen LogP contribution in [0.2, 0.25) is 0 Å². The molecule has 8 nitrogen and oxygen atoms in total. The first-order chi connectivity index (χ1) is 16.2. The highest BCUT2D eigenvalue weighted by Gasteiger charge is 2.14. The van der Waals surface area contributed by atoms with Gasteiger partial charge in [-0.25, -0.2) is 14.4 Å². The fraction of sp³-hybridized carbons (Fsp3) is 0.0417. The minimum Gasteiger partial charge on any atom is -0.350 e. The van der Waals surface area contributed by atoms with Crippen LogP contribution in [0.1, 0.15) is 5.56 Å². The number of imidazole rings is 2. The summed E-state index contributed by atoms with van der Waals surface area (Å²) in [6.07, 6.45) is 3.39. The summed E-state index contributed by atoms with van der Waals surface area (Å²) in [5, 5.41) is 3.23. The molecular weight excluding hydrogens is 419 g/mol. The third kappa shape index (κ3) is 3.55. The van der Waals surface area contributed by atoms with Crippen molar-refractivity contribution >= 4 is 28.0 Å². The number of aromatic nitrogens is 7. The van der Waals surface area contributed by atoms with Gasteiger partial charge >= 0.3 is 0 Å². The van der Waals surface area contributed by atoms with Crippen LogP contribution in [0.3, 0.4) is 0 Å². The molecule has 0 saturated heterocycles. The highest BCUT2D eigenvalue weighted by atomic mass is 19.1. The molecule has 6 rings (SSSR count). The highest BCUT2D eigenvalue weighted by Crippen LogP contribution is 2.20. The Hall–Kier alpha value is -4.66. The largest absolute Gasteiger partial charge is 0.350 e. The summed E-state index contributed by atoms with van der Waals surface area (Å²) < 4.78 is 16.9. The van der Waals surface area contributed by atoms with Crippen LogP contribution in [-0.2, 0) is 6.54 Å². The van der Waals surface area contributed by atoms with Gasteiger partial charge in [0.2, 0.25) is 17.8 Å². The Morgan fingerprint density at radius 3 is 1.79 bits per heavy atom. The molecule has 9 heteroatoms. The summed E-state index contributed by atoms with van der Waals surface area (Å²) in [7, 11) is 0. The summed E-state index contributed by atoms with van der Waals surface area (Å²) in [6.45, 7) is 0.429. The molecule has 6 aromatic rings. The lowest BCUT2D eigenvalue weighted by Crippen LogP contribution is -2.12. The molecule has 160 valence electrons. The molecule has 3 aromatic carbocycles. The second kappa shape index (κ2) is 7.79. The maximum absolute atomic E-state index is 13.3. The van der Waals surface area contributed by atoms with Crippen molar-refractivity contribution in [2.75, 3.05) is 5.32 Å². The van der Waals surface area contributed by atoms with E-state index in [-0.39, 0.29) is 5.82 Å². The molecule has 0 atom stereocenters. The van der Waals surface area contributed by atoms with Crippen molar-refractivity contribution in [1.82, 2.24) is 34.1 Å². The van der Waals surface area contributed by atoms with Crippen LogP contribution in [-0.4, -0.2) is 34.1 Å². The van der Waals surface area contributed by atoms with E-state index in [0.29, 0.717) is 24.4 Å². The number of hydrogen-bond donors (Lipinski definition) is 1. The van der Waals surface area contributed by atoms with Gasteiger partial charge in [0.25, 0.3) is 0 Å². The molecule has 0 fully saturated rings. The van der Waals surface area contributed by atoms with Crippen molar-refractivity contribution in [3.05, 3.63) is 96.8 Å². The van der Waals surface area contributed by atoms with E-state index in [1.54, 1.807) is 24.8 Å². The van der Waals surface area contributed by atoms with Gasteiger partial charge in [-0.3, -0.25) is 9.13 Å². The molecule has 33 heavy (non-hydrogen) atoms. The van der Waals surface area contributed by atoms with Crippen LogP contribution in [0.4, 0.5) is 10.3 Å². The van der Waals surface area contributed by atoms with Crippen molar-refractivity contribution in [2.45, 2.75) is 6.54 Å². The minimum absolute atomic E-state index is 0.276. The Labute approximate surface area is 187 Å². The van der Waals surface area contributed by atoms with Crippen molar-refractivity contribution in [3.8, 4) is 11.9 Å². The summed E-state index contributed by atoms with van der Waals surface area (Å²) in [5.74, 6) is 0.957. The monoisotopic (exact) mass is 436 g/mol. The summed E-state index contributed by atoms with van der Waals surface area (Å²) in [6, 6.07) is 21.9. The van der Waals surface area contributed by atoms with Crippen molar-refractivity contribution in [2.24, 2.45) is 0 Å². The number of para-hydroxylation sites is 4. The van der Waals surface area contributed by atoms with Crippen LogP contribution in [0, 0.1) is 5.82 Å². The maximum Gasteiger partial charge on any atom is 0.242 e. The van der Waals surface area contributed by atoms with Crippen LogP contribution in [0.15, 0.2) is 85.5 Å². The van der Waals surface area contributed by atoms with E-state index in [2.05, 4.69) is 25.3 Å². The second-order valence-corrected chi connectivity index (χ2v) is 7.45. The Kier molecular flexibility index (Phi) is 4.50. The summed E-state index contributed by atoms with van der Waals surface area (Å²) in [4.78, 5) is 22.9. The third-order valence-corrected chi connectivity index (χ3v) is 5.31. The van der Waals surface area contributed by atoms with Gasteiger partial charge in [0, 0.05) is 6.54 Å². The first-order valence-corrected chi connectivity index (χ1v) is 10.3. The van der Waals surface area contributed by atoms with E-state index in [1.807, 2.05) is 57.7 Å². The molecule has 0 aliphatic carbocycles. The SMILES string of the molecule is Fc1ccc(CNc2nc(-n3cnc4ccccc43)nc(-n3cnc4ccccc43)n2)cc1. The Morgan fingerprint density at radius 1 is 0.667 bits per heavy atom. The summed E-state index contributed by atoms with van der Waals surface area (Å²) >= 11 is 0. The van der Waals surface area contributed by atoms with Crippen LogP contribution in [0.25, 0.3) is 34.0 Å². The molecule has 3 heterocycles. The number of benzene rings is 3. The van der Waals surface area contributed by atoms with Crippen LogP contribution in [0.5, 0.6) is 0 Å². The third-order valence-electron chi connectivity index (χ3n) is 5.31. The number of anilines is 1. The Bertz CT molecular complexity index is 1490. The lowest BCUT2D eigenvalue weighted by atomic mass is 10.2. The van der Waals surface area contributed by atoms with Gasteiger partial charge in [0.1, 0.15) is 18.5 Å². The van der Waals surface area contributed by atoms with Gasteiger partial charge in [0.05, 0.1) is 22.1 Å². The van der Waals surface area contributed by atoms with Gasteiger partial charge in [-0.15, -0.1) is 0 Å². The topological polar surface area (TPSA) is 86.3 Å². The van der Waals surface area contributed by atoms with Crippen LogP contribution < -0.4 is 5.32 Å². The molecule has 0 radical (unpaired) electrons. The second-order valence-electron chi connectivity index (χ2n) is 7.45. The Morgan fingerprint density at radius 2 is 1.21 bits per heavy atom. The van der Waals surface area contributed by atoms with Gasteiger partial charge in [-0.2, -0.15) is 15.0 Å². The van der Waals surface area contributed by atoms with E-state index < -0.39 is 0 Å². The fourth-order valence-corrected chi connectivity index (χ4v) is 3.67. The average molecular weight is 436 g/mol. The molecule has 3 aromatic heterocycles. The lowest BCUT2D eigenvalue weighted by Gasteiger charge is -2.11. The number of nitrogens with zero attached hydrogens (tertiary/aromatic N) is 7. The predicted molar refractivity (Wildman–Crippen MR) is 123 cm³/mol. The molecule has 0 amide bonds. The average Bonchev–Trinajstić information content (AvgIpc) is 3.48. The zero-order chi connectivity index (χ0) is 22.2. The number of halogens is 1. The summed E-state index contributed by atoms with van der Waals surface area (Å²) in [5.41, 5.74) is 4.35. The van der Waals surface area contributed by atoms with E-state index in [1.165, 1.54) is 12.1 Å². The van der Waals surface area contributed by atoms with Gasteiger partial charge in [0.15, 0.2) is 0 Å². The molecule has 0 aliphatic rings. The van der Waals surface area contributed by atoms with Crippen molar-refractivity contribution in [3.63, 3.8) is 0 Å². The quantitative estimate of drug-likeness (QED) is 0.434. The van der Waals surface area contributed by atoms with E-state index in [9.17, 15) is 4.39 Å². The smallest absolute Gasteiger partial charge is 0.242 e. The molecular formula is C24H17FN8. The van der Waals surface area contributed by atoms with E-state index in [0.717, 1.165) is 27.6 Å². The number of nitrogens with one attached hydrogen (secondary N) is 1. The van der Waals surface area contributed by atoms with Gasteiger partial charge in [-0.1, -0.05) is 36.4 Å². The van der Waals surface area contributed by atoms with Crippen molar-refractivity contribution < 1.29 is 4.39 Å². The van der Waals surface area contributed by atoms with Gasteiger partial charge in [-0.05, 0) is 42.0 Å².